The minimum Gasteiger partial charge on any atom is -0.447 e. The second-order valence-electron chi connectivity index (χ2n) is 7.71. The largest absolute Gasteiger partial charge is 0.447 e. The molecule has 0 aliphatic carbocycles. The summed E-state index contributed by atoms with van der Waals surface area (Å²) in [5.41, 5.74) is 0.0205. The second kappa shape index (κ2) is 11.4. The lowest BCUT2D eigenvalue weighted by atomic mass is 10.1. The predicted molar refractivity (Wildman–Crippen MR) is 122 cm³/mol. The standard InChI is InChI=1S/C24H25F3N4O3/c1-3-5-19(31(2)23(32)29-13-16-6-4-7-20(26)22(16)27)14-34-24(33)30-21-11-17-10-18(25)9-8-15(17)12-28-21/h4,6-12,19H,3,5,13-14H2,1-2H3,(H,29,32)(H,28,30,33)/t19-/m0/s1. The lowest BCUT2D eigenvalue weighted by Crippen LogP contribution is -2.45. The number of rotatable bonds is 8. The molecule has 3 amide bonds. The van der Waals surface area contributed by atoms with E-state index < -0.39 is 35.6 Å². The van der Waals surface area contributed by atoms with Crippen LogP contribution in [0.15, 0.2) is 48.7 Å². The Hall–Kier alpha value is -3.82. The van der Waals surface area contributed by atoms with Crippen LogP contribution in [-0.4, -0.2) is 41.7 Å². The molecular formula is C24H25F3N4O3. The van der Waals surface area contributed by atoms with E-state index in [1.807, 2.05) is 6.92 Å². The Balaban J connectivity index is 1.55. The van der Waals surface area contributed by atoms with Crippen molar-refractivity contribution in [2.45, 2.75) is 32.4 Å². The summed E-state index contributed by atoms with van der Waals surface area (Å²) in [5, 5.41) is 6.31. The van der Waals surface area contributed by atoms with Gasteiger partial charge in [-0.2, -0.15) is 0 Å². The Morgan fingerprint density at radius 3 is 2.68 bits per heavy atom. The maximum atomic E-state index is 13.8. The highest BCUT2D eigenvalue weighted by atomic mass is 19.2. The van der Waals surface area contributed by atoms with E-state index in [0.29, 0.717) is 23.6 Å². The number of amides is 3. The average molecular weight is 474 g/mol. The number of anilines is 1. The first-order valence-corrected chi connectivity index (χ1v) is 10.7. The van der Waals surface area contributed by atoms with Crippen LogP contribution < -0.4 is 10.6 Å². The Morgan fingerprint density at radius 2 is 1.91 bits per heavy atom. The molecule has 3 rings (SSSR count). The van der Waals surface area contributed by atoms with Crippen molar-refractivity contribution >= 4 is 28.7 Å². The number of halogens is 3. The van der Waals surface area contributed by atoms with Gasteiger partial charge in [0.2, 0.25) is 0 Å². The monoisotopic (exact) mass is 474 g/mol. The van der Waals surface area contributed by atoms with Crippen molar-refractivity contribution in [3.63, 3.8) is 0 Å². The average Bonchev–Trinajstić information content (AvgIpc) is 2.81. The highest BCUT2D eigenvalue weighted by Crippen LogP contribution is 2.18. The molecule has 0 spiro atoms. The van der Waals surface area contributed by atoms with Crippen molar-refractivity contribution in [2.75, 3.05) is 19.0 Å². The van der Waals surface area contributed by atoms with E-state index in [-0.39, 0.29) is 24.5 Å². The fraction of sp³-hybridized carbons (Fsp3) is 0.292. The molecule has 0 aliphatic heterocycles. The van der Waals surface area contributed by atoms with Gasteiger partial charge in [-0.05, 0) is 42.1 Å². The first-order valence-electron chi connectivity index (χ1n) is 10.7. The number of nitrogens with zero attached hydrogens (tertiary/aromatic N) is 2. The molecule has 0 unspecified atom stereocenters. The number of hydrogen-bond donors (Lipinski definition) is 2. The number of carbonyl (C=O) groups is 2. The van der Waals surface area contributed by atoms with Crippen molar-refractivity contribution < 1.29 is 27.5 Å². The maximum absolute atomic E-state index is 13.8. The van der Waals surface area contributed by atoms with Gasteiger partial charge >= 0.3 is 12.1 Å². The van der Waals surface area contributed by atoms with Gasteiger partial charge in [-0.25, -0.2) is 27.7 Å². The van der Waals surface area contributed by atoms with Crippen molar-refractivity contribution in [1.29, 1.82) is 0 Å². The third-order valence-electron chi connectivity index (χ3n) is 5.27. The Morgan fingerprint density at radius 1 is 1.12 bits per heavy atom. The molecular weight excluding hydrogens is 449 g/mol. The number of benzene rings is 2. The fourth-order valence-electron chi connectivity index (χ4n) is 3.36. The van der Waals surface area contributed by atoms with Crippen LogP contribution in [0.25, 0.3) is 10.8 Å². The smallest absolute Gasteiger partial charge is 0.412 e. The van der Waals surface area contributed by atoms with Crippen LogP contribution in [0.1, 0.15) is 25.3 Å². The van der Waals surface area contributed by atoms with Crippen molar-refractivity contribution in [2.24, 2.45) is 0 Å². The Bertz CT molecular complexity index is 1180. The van der Waals surface area contributed by atoms with Crippen molar-refractivity contribution in [3.05, 3.63) is 71.7 Å². The minimum atomic E-state index is -1.01. The molecule has 0 bridgehead atoms. The van der Waals surface area contributed by atoms with E-state index in [0.717, 1.165) is 6.07 Å². The number of ether oxygens (including phenoxy) is 1. The number of aromatic nitrogens is 1. The number of nitrogens with one attached hydrogen (secondary N) is 2. The summed E-state index contributed by atoms with van der Waals surface area (Å²) in [6.07, 6.45) is 1.98. The van der Waals surface area contributed by atoms with Gasteiger partial charge in [0, 0.05) is 30.7 Å². The first kappa shape index (κ1) is 24.8. The number of likely N-dealkylation sites (N-methyl/N-ethyl adjacent to an activating group) is 1. The highest BCUT2D eigenvalue weighted by molar-refractivity contribution is 5.89. The van der Waals surface area contributed by atoms with E-state index in [9.17, 15) is 22.8 Å². The molecule has 3 aromatic rings. The Kier molecular flexibility index (Phi) is 8.29. The SMILES string of the molecule is CCC[C@@H](COC(=O)Nc1cc2cc(F)ccc2cn1)N(C)C(=O)NCc1cccc(F)c1F. The third-order valence-corrected chi connectivity index (χ3v) is 5.27. The van der Waals surface area contributed by atoms with Crippen molar-refractivity contribution in [3.8, 4) is 0 Å². The van der Waals surface area contributed by atoms with Crippen LogP contribution in [0.4, 0.5) is 28.6 Å². The second-order valence-corrected chi connectivity index (χ2v) is 7.71. The molecule has 7 nitrogen and oxygen atoms in total. The number of hydrogen-bond acceptors (Lipinski definition) is 4. The summed E-state index contributed by atoms with van der Waals surface area (Å²) < 4.78 is 45.9. The molecule has 0 aliphatic rings. The zero-order chi connectivity index (χ0) is 24.7. The number of fused-ring (bicyclic) bond motifs is 1. The lowest BCUT2D eigenvalue weighted by Gasteiger charge is -2.28. The zero-order valence-corrected chi connectivity index (χ0v) is 18.8. The molecule has 10 heteroatoms. The summed E-state index contributed by atoms with van der Waals surface area (Å²) in [4.78, 5) is 30.2. The lowest BCUT2D eigenvalue weighted by molar-refractivity contribution is 0.113. The zero-order valence-electron chi connectivity index (χ0n) is 18.8. The Labute approximate surface area is 194 Å². The summed E-state index contributed by atoms with van der Waals surface area (Å²) >= 11 is 0. The van der Waals surface area contributed by atoms with Gasteiger partial charge in [-0.15, -0.1) is 0 Å². The van der Waals surface area contributed by atoms with Crippen LogP contribution in [-0.2, 0) is 11.3 Å². The van der Waals surface area contributed by atoms with Gasteiger partial charge in [-0.3, -0.25) is 5.32 Å². The van der Waals surface area contributed by atoms with Crippen molar-refractivity contribution in [1.82, 2.24) is 15.2 Å². The summed E-state index contributed by atoms with van der Waals surface area (Å²) in [5.74, 6) is -2.22. The van der Waals surface area contributed by atoms with E-state index in [1.54, 1.807) is 6.07 Å². The van der Waals surface area contributed by atoms with Gasteiger partial charge in [0.25, 0.3) is 0 Å². The third kappa shape index (κ3) is 6.37. The summed E-state index contributed by atoms with van der Waals surface area (Å²) in [6, 6.07) is 8.51. The molecule has 1 heterocycles. The van der Waals surface area contributed by atoms with Crippen LogP contribution in [0.3, 0.4) is 0 Å². The van der Waals surface area contributed by atoms with Gasteiger partial charge < -0.3 is 15.0 Å². The van der Waals surface area contributed by atoms with E-state index in [2.05, 4.69) is 15.6 Å². The minimum absolute atomic E-state index is 0.0205. The molecule has 180 valence electrons. The normalized spacial score (nSPS) is 11.7. The van der Waals surface area contributed by atoms with E-state index in [4.69, 9.17) is 4.74 Å². The van der Waals surface area contributed by atoms with Crippen LogP contribution >= 0.6 is 0 Å². The molecule has 34 heavy (non-hydrogen) atoms. The highest BCUT2D eigenvalue weighted by Gasteiger charge is 2.21. The molecule has 2 aromatic carbocycles. The summed E-state index contributed by atoms with van der Waals surface area (Å²) in [7, 11) is 1.53. The molecule has 2 N–H and O–H groups in total. The number of pyridine rings is 1. The van der Waals surface area contributed by atoms with Crippen LogP contribution in [0.2, 0.25) is 0 Å². The number of urea groups is 1. The molecule has 0 fully saturated rings. The summed E-state index contributed by atoms with van der Waals surface area (Å²) in [6.45, 7) is 1.63. The molecule has 0 radical (unpaired) electrons. The molecule has 0 saturated heterocycles. The fourth-order valence-corrected chi connectivity index (χ4v) is 3.36. The number of carbonyl (C=O) groups excluding carboxylic acids is 2. The van der Waals surface area contributed by atoms with Gasteiger partial charge in [0.1, 0.15) is 18.2 Å². The molecule has 1 atom stereocenters. The van der Waals surface area contributed by atoms with Crippen LogP contribution in [0, 0.1) is 17.5 Å². The molecule has 0 saturated carbocycles. The first-order chi connectivity index (χ1) is 16.3. The van der Waals surface area contributed by atoms with Gasteiger partial charge in [0.15, 0.2) is 11.6 Å². The van der Waals surface area contributed by atoms with E-state index >= 15 is 0 Å². The quantitative estimate of drug-likeness (QED) is 0.470. The maximum Gasteiger partial charge on any atom is 0.412 e. The van der Waals surface area contributed by atoms with Gasteiger partial charge in [0.05, 0.1) is 6.04 Å². The van der Waals surface area contributed by atoms with Gasteiger partial charge in [-0.1, -0.05) is 25.5 Å². The molecule has 1 aromatic heterocycles. The predicted octanol–water partition coefficient (Wildman–Crippen LogP) is 5.21. The van der Waals surface area contributed by atoms with E-state index in [1.165, 1.54) is 48.5 Å². The van der Waals surface area contributed by atoms with Crippen LogP contribution in [0.5, 0.6) is 0 Å². The topological polar surface area (TPSA) is 83.6 Å².